The zero-order valence-corrected chi connectivity index (χ0v) is 64.6. The number of hydrogen-bond acceptors (Lipinski definition) is 45. The number of carbonyl (C=O) groups is 3. The van der Waals surface area contributed by atoms with Crippen molar-refractivity contribution in [2.75, 3.05) is 46.8 Å². The highest BCUT2D eigenvalue weighted by molar-refractivity contribution is 5.88. The van der Waals surface area contributed by atoms with Crippen molar-refractivity contribution in [3.05, 3.63) is 137 Å². The van der Waals surface area contributed by atoms with E-state index in [-0.39, 0.29) is 56.6 Å². The number of phenolic OH excluding ortho intramolecular Hbond substituents is 5. The predicted octanol–water partition coefficient (Wildman–Crippen LogP) is -7.15. The first-order valence-electron chi connectivity index (χ1n) is 38.0. The molecule has 12 rings (SSSR count). The first-order valence-corrected chi connectivity index (χ1v) is 38.0. The summed E-state index contributed by atoms with van der Waals surface area (Å²) >= 11 is 0. The van der Waals surface area contributed by atoms with Crippen LogP contribution in [0.2, 0.25) is 0 Å². The molecule has 7 aliphatic heterocycles. The number of esters is 3. The van der Waals surface area contributed by atoms with Crippen LogP contribution in [0.3, 0.4) is 0 Å². The van der Waals surface area contributed by atoms with Crippen LogP contribution in [0.5, 0.6) is 63.2 Å². The van der Waals surface area contributed by atoms with E-state index in [1.165, 1.54) is 61.7 Å². The SMILES string of the molecule is COc1cc(C2Oc3cc(O)cc(O[C@@H]4O[C@@H](CO)[C@@H](O)[C@H](O)[C@@H]4O)c3C=C2O[C@@H]2O[C@H](COC(=O)/C=C/c3ccc(O[C@@H]4O[C@H](COC(=O)/C=C/c5ccc(O)c(O[C@@H]6O[C@H](CO)[C@@H](O)[C@H](O)[C@H]6O)c5)[C@@H](O)[C@H](O)[C@H]4O)c(O)c3)[C@@H](O)[C@H](O)[C@H]2O[C@@H]2O[C@@H](COC(=O)/C=C/c3ccc(O)c(O[C@@H]4O[C@@H](CO)[C@@H](O)[C@H](O)[C@@H]4O)c3)[C@@H](O)[C@H](O)[C@H]2O)ccc1O. The molecular formula is C79H92O45. The standard InChI is InChI=1S/C79H92O45/c1-108-42-19-32(8-11-35(42)84)72-45(22-34-40(112-72)20-33(83)21-41(34)114-75-67(103)61(97)55(91)46(23-80)118-75)117-79-73(124-78-71(107)65(101)59(95)50(122-78)27-110-54(90)15-7-31-3-10-37(86)44(18-31)116-77-69(105)63(99)57(93)48(25-82)120-77)66(102)60(96)51(123-79)28-111-52(88)13-5-29-4-12-39(38(87)16-29)113-74-70(106)64(100)58(94)49(121-74)26-109-53(89)14-6-30-2-9-36(85)43(17-30)115-76-68(104)62(98)56(92)47(24-81)119-76/h2-22,46-51,55-87,91-107H,23-28H2,1H3/b13-5+,14-6+,15-7+/t46-,47+,48-,49+,50-,51+,55+,56+,57+,58+,59+,60+,61-,62-,63-,64-,65-,66-,67-,68+,69-,70+,71+,72?,73+,74+,75+,76+,77+,78-,79+/m0/s1. The van der Waals surface area contributed by atoms with Crippen LogP contribution in [0.4, 0.5) is 0 Å². The van der Waals surface area contributed by atoms with Crippen LogP contribution in [-0.4, -0.2) is 377 Å². The third-order valence-corrected chi connectivity index (χ3v) is 20.8. The highest BCUT2D eigenvalue weighted by Gasteiger charge is 2.55. The Hall–Kier alpha value is -10.0. The van der Waals surface area contributed by atoms with Crippen LogP contribution >= 0.6 is 0 Å². The first-order chi connectivity index (χ1) is 59.1. The van der Waals surface area contributed by atoms with Gasteiger partial charge >= 0.3 is 17.9 Å². The molecule has 1 unspecified atom stereocenters. The molecule has 5 aromatic carbocycles. The average Bonchev–Trinajstić information content (AvgIpc) is 0.757. The lowest BCUT2D eigenvalue weighted by atomic mass is 9.97. The van der Waals surface area contributed by atoms with Crippen LogP contribution in [-0.2, 0) is 66.5 Å². The molecule has 124 heavy (non-hydrogen) atoms. The quantitative estimate of drug-likeness (QED) is 0.0120. The average molecular weight is 1760 g/mol. The van der Waals surface area contributed by atoms with Crippen LogP contribution in [0.15, 0.2) is 109 Å². The number of hydrogen-bond donors (Lipinski definition) is 25. The zero-order valence-electron chi connectivity index (χ0n) is 64.6. The van der Waals surface area contributed by atoms with Gasteiger partial charge in [0.15, 0.2) is 64.5 Å². The normalized spacial score (nSPS) is 35.0. The maximum absolute atomic E-state index is 13.6. The van der Waals surface area contributed by atoms with Gasteiger partial charge in [-0.3, -0.25) is 0 Å². The van der Waals surface area contributed by atoms with Crippen LogP contribution in [0.1, 0.15) is 33.9 Å². The Kier molecular flexibility index (Phi) is 30.4. The fourth-order valence-corrected chi connectivity index (χ4v) is 13.7. The van der Waals surface area contributed by atoms with E-state index in [1.807, 2.05) is 0 Å². The van der Waals surface area contributed by atoms with Crippen molar-refractivity contribution in [3.63, 3.8) is 0 Å². The van der Waals surface area contributed by atoms with E-state index < -0.39 is 288 Å². The van der Waals surface area contributed by atoms with Gasteiger partial charge in [-0.25, -0.2) is 14.4 Å². The van der Waals surface area contributed by atoms with Crippen molar-refractivity contribution in [2.24, 2.45) is 0 Å². The Morgan fingerprint density at radius 1 is 0.347 bits per heavy atom. The third kappa shape index (κ3) is 21.1. The fourth-order valence-electron chi connectivity index (χ4n) is 13.7. The number of aliphatic hydroxyl groups excluding tert-OH is 20. The second-order valence-corrected chi connectivity index (χ2v) is 29.2. The molecule has 0 aliphatic carbocycles. The Labute approximate surface area is 699 Å². The molecule has 0 amide bonds. The summed E-state index contributed by atoms with van der Waals surface area (Å²) in [5.74, 6) is -8.29. The van der Waals surface area contributed by atoms with Gasteiger partial charge in [0.25, 0.3) is 0 Å². The van der Waals surface area contributed by atoms with E-state index in [0.717, 1.165) is 72.8 Å². The molecule has 0 radical (unpaired) electrons. The van der Waals surface area contributed by atoms with E-state index in [1.54, 1.807) is 0 Å². The minimum Gasteiger partial charge on any atom is -0.508 e. The van der Waals surface area contributed by atoms with Gasteiger partial charge < -0.3 is 208 Å². The fraction of sp³-hybridized carbons (Fsp3) is 0.481. The molecule has 6 fully saturated rings. The molecule has 0 saturated carbocycles. The minimum atomic E-state index is -2.32. The molecule has 0 bridgehead atoms. The van der Waals surface area contributed by atoms with Crippen molar-refractivity contribution in [2.45, 2.75) is 190 Å². The van der Waals surface area contributed by atoms with E-state index in [4.69, 9.17) is 80.5 Å². The summed E-state index contributed by atoms with van der Waals surface area (Å²) in [5.41, 5.74) is 0.277. The topological polar surface area (TPSA) is 714 Å². The summed E-state index contributed by atoms with van der Waals surface area (Å²) in [7, 11) is 1.21. The molecule has 0 aromatic heterocycles. The van der Waals surface area contributed by atoms with Gasteiger partial charge in [0.1, 0.15) is 183 Å². The molecule has 0 spiro atoms. The largest absolute Gasteiger partial charge is 0.508 e. The Balaban J connectivity index is 0.741. The smallest absolute Gasteiger partial charge is 0.330 e. The summed E-state index contributed by atoms with van der Waals surface area (Å²) in [6.07, 6.45) is -51.2. The molecule has 31 atom stereocenters. The molecule has 7 aliphatic rings. The molecule has 25 N–H and O–H groups in total. The molecule has 45 heteroatoms. The number of benzene rings is 5. The predicted molar refractivity (Wildman–Crippen MR) is 402 cm³/mol. The second kappa shape index (κ2) is 40.5. The highest BCUT2D eigenvalue weighted by Crippen LogP contribution is 2.48. The lowest BCUT2D eigenvalue weighted by molar-refractivity contribution is -0.364. The summed E-state index contributed by atoms with van der Waals surface area (Å²) in [5, 5.41) is 268. The number of phenols is 5. The van der Waals surface area contributed by atoms with Gasteiger partial charge in [-0.15, -0.1) is 0 Å². The highest BCUT2D eigenvalue weighted by atomic mass is 16.8. The Bertz CT molecular complexity index is 4610. The summed E-state index contributed by atoms with van der Waals surface area (Å²) in [4.78, 5) is 39.8. The van der Waals surface area contributed by atoms with Gasteiger partial charge in [0, 0.05) is 35.9 Å². The van der Waals surface area contributed by atoms with Gasteiger partial charge in [-0.05, 0) is 89.5 Å². The first kappa shape index (κ1) is 93.2. The molecular weight excluding hydrogens is 1670 g/mol. The van der Waals surface area contributed by atoms with Gasteiger partial charge in [-0.2, -0.15) is 0 Å². The number of aliphatic hydroxyl groups is 20. The maximum atomic E-state index is 13.6. The zero-order chi connectivity index (χ0) is 89.6. The van der Waals surface area contributed by atoms with Crippen LogP contribution < -0.4 is 28.4 Å². The van der Waals surface area contributed by atoms with E-state index in [9.17, 15) is 142 Å². The Morgan fingerprint density at radius 3 is 1.15 bits per heavy atom. The second-order valence-electron chi connectivity index (χ2n) is 29.2. The van der Waals surface area contributed by atoms with Crippen LogP contribution in [0, 0.1) is 0 Å². The molecule has 45 nitrogen and oxygen atoms in total. The molecule has 5 aromatic rings. The molecule has 7 heterocycles. The van der Waals surface area contributed by atoms with Crippen molar-refractivity contribution >= 4 is 42.2 Å². The number of carbonyl (C=O) groups excluding carboxylic acids is 3. The monoisotopic (exact) mass is 1760 g/mol. The van der Waals surface area contributed by atoms with Crippen molar-refractivity contribution in [3.8, 4) is 63.2 Å². The number of ether oxygens (including phenoxy) is 17. The van der Waals surface area contributed by atoms with Crippen molar-refractivity contribution in [1.82, 2.24) is 0 Å². The number of methoxy groups -OCH3 is 1. The lowest BCUT2D eigenvalue weighted by Crippen LogP contribution is -2.64. The van der Waals surface area contributed by atoms with E-state index in [0.29, 0.717) is 0 Å². The Morgan fingerprint density at radius 2 is 0.710 bits per heavy atom. The molecule has 6 saturated heterocycles. The van der Waals surface area contributed by atoms with Crippen molar-refractivity contribution in [1.29, 1.82) is 0 Å². The van der Waals surface area contributed by atoms with Gasteiger partial charge in [0.05, 0.1) is 32.5 Å². The number of aromatic hydroxyl groups is 5. The number of fused-ring (bicyclic) bond motifs is 1. The van der Waals surface area contributed by atoms with E-state index in [2.05, 4.69) is 0 Å². The van der Waals surface area contributed by atoms with Gasteiger partial charge in [-0.1, -0.05) is 24.3 Å². The van der Waals surface area contributed by atoms with Crippen molar-refractivity contribution < 1.29 is 223 Å². The van der Waals surface area contributed by atoms with Gasteiger partial charge in [0.2, 0.25) is 31.5 Å². The summed E-state index contributed by atoms with van der Waals surface area (Å²) in [6, 6.07) is 16.5. The van der Waals surface area contributed by atoms with E-state index >= 15 is 0 Å². The molecule has 678 valence electrons. The summed E-state index contributed by atoms with van der Waals surface area (Å²) < 4.78 is 97.3. The minimum absolute atomic E-state index is 0.0550. The number of rotatable bonds is 29. The maximum Gasteiger partial charge on any atom is 0.330 e. The summed E-state index contributed by atoms with van der Waals surface area (Å²) in [6.45, 7) is -5.12. The third-order valence-electron chi connectivity index (χ3n) is 20.8. The lowest BCUT2D eigenvalue weighted by Gasteiger charge is -2.46. The van der Waals surface area contributed by atoms with Crippen LogP contribution in [0.25, 0.3) is 24.3 Å².